The van der Waals surface area contributed by atoms with E-state index in [1.165, 1.54) is 0 Å². The van der Waals surface area contributed by atoms with Gasteiger partial charge in [-0.05, 0) is 23.6 Å². The van der Waals surface area contributed by atoms with E-state index < -0.39 is 18.3 Å². The molecule has 0 aliphatic heterocycles. The zero-order valence-corrected chi connectivity index (χ0v) is 12.2. The second kappa shape index (κ2) is 8.30. The molecule has 0 aliphatic rings. The molecule has 0 heterocycles. The molecule has 2 unspecified atom stereocenters. The van der Waals surface area contributed by atoms with E-state index in [1.54, 1.807) is 24.3 Å². The van der Waals surface area contributed by atoms with E-state index in [2.05, 4.69) is 16.6 Å². The molecule has 5 nitrogen and oxygen atoms in total. The molecule has 1 aromatic carbocycles. The molecule has 1 rings (SSSR count). The quantitative estimate of drug-likeness (QED) is 0.718. The van der Waals surface area contributed by atoms with Gasteiger partial charge in [0.05, 0.1) is 12.7 Å². The van der Waals surface area contributed by atoms with Crippen molar-refractivity contribution in [3.05, 3.63) is 35.4 Å². The van der Waals surface area contributed by atoms with E-state index in [0.29, 0.717) is 11.1 Å². The average molecular weight is 291 g/mol. The summed E-state index contributed by atoms with van der Waals surface area (Å²) in [4.78, 5) is 10.5. The van der Waals surface area contributed by atoms with Gasteiger partial charge in [-0.3, -0.25) is 0 Å². The van der Waals surface area contributed by atoms with Gasteiger partial charge in [-0.25, -0.2) is 4.79 Å². The average Bonchev–Trinajstić information content (AvgIpc) is 2.44. The molecule has 1 amide bonds. The smallest absolute Gasteiger partial charge is 0.404 e. The first kappa shape index (κ1) is 17.0. The van der Waals surface area contributed by atoms with Crippen LogP contribution in [0.2, 0.25) is 0 Å². The maximum atomic E-state index is 10.5. The predicted octanol–water partition coefficient (Wildman–Crippen LogP) is 1.57. The number of ether oxygens (including phenoxy) is 1. The van der Waals surface area contributed by atoms with Gasteiger partial charge in [-0.15, -0.1) is 0 Å². The molecule has 0 saturated heterocycles. The summed E-state index contributed by atoms with van der Waals surface area (Å²) in [6.07, 6.45) is -2.04. The first-order chi connectivity index (χ1) is 9.90. The fourth-order valence-electron chi connectivity index (χ4n) is 1.59. The highest BCUT2D eigenvalue weighted by molar-refractivity contribution is 5.64. The molecule has 5 heteroatoms. The lowest BCUT2D eigenvalue weighted by Gasteiger charge is -2.11. The van der Waals surface area contributed by atoms with E-state index in [1.807, 2.05) is 13.8 Å². The van der Waals surface area contributed by atoms with Crippen LogP contribution < -0.4 is 5.73 Å². The molecule has 21 heavy (non-hydrogen) atoms. The Bertz CT molecular complexity index is 531. The maximum Gasteiger partial charge on any atom is 0.404 e. The monoisotopic (exact) mass is 291 g/mol. The molecular formula is C16H21NO4. The number of benzene rings is 1. The van der Waals surface area contributed by atoms with Gasteiger partial charge in [0.2, 0.25) is 0 Å². The van der Waals surface area contributed by atoms with Gasteiger partial charge in [0.15, 0.2) is 0 Å². The van der Waals surface area contributed by atoms with Gasteiger partial charge in [-0.2, -0.15) is 0 Å². The highest BCUT2D eigenvalue weighted by atomic mass is 16.5. The topological polar surface area (TPSA) is 92.8 Å². The van der Waals surface area contributed by atoms with Gasteiger partial charge in [-0.1, -0.05) is 37.8 Å². The Morgan fingerprint density at radius 1 is 1.38 bits per heavy atom. The Labute approximate surface area is 124 Å². The molecule has 1 aromatic rings. The second-order valence-electron chi connectivity index (χ2n) is 5.06. The molecule has 0 aromatic heterocycles. The lowest BCUT2D eigenvalue weighted by Crippen LogP contribution is -2.15. The minimum Gasteiger partial charge on any atom is -0.450 e. The summed E-state index contributed by atoms with van der Waals surface area (Å²) >= 11 is 0. The van der Waals surface area contributed by atoms with Crippen LogP contribution in [0.5, 0.6) is 0 Å². The van der Waals surface area contributed by atoms with Crippen LogP contribution in [0.3, 0.4) is 0 Å². The third-order valence-electron chi connectivity index (χ3n) is 2.90. The van der Waals surface area contributed by atoms with E-state index >= 15 is 0 Å². The fourth-order valence-corrected chi connectivity index (χ4v) is 1.59. The lowest BCUT2D eigenvalue weighted by atomic mass is 10.0. The van der Waals surface area contributed by atoms with Crippen molar-refractivity contribution in [3.63, 3.8) is 0 Å². The Hall–Kier alpha value is -2.03. The lowest BCUT2D eigenvalue weighted by molar-refractivity contribution is 0.111. The van der Waals surface area contributed by atoms with Crippen LogP contribution in [-0.4, -0.2) is 29.0 Å². The van der Waals surface area contributed by atoms with Crippen LogP contribution in [0.15, 0.2) is 24.3 Å². The summed E-state index contributed by atoms with van der Waals surface area (Å²) in [5, 5.41) is 19.6. The number of carbonyl (C=O) groups excluding carboxylic acids is 1. The standard InChI is InChI=1S/C16H21NO4/c1-11(2)14(18)7-6-12-4-3-5-13(10-12)15(19)8-9-21-16(17)20/h3-5,10-11,14-15,18-19H,8-9H2,1-2H3,(H2,17,20). The van der Waals surface area contributed by atoms with Gasteiger partial charge in [0.1, 0.15) is 6.10 Å². The predicted molar refractivity (Wildman–Crippen MR) is 79.3 cm³/mol. The summed E-state index contributed by atoms with van der Waals surface area (Å²) in [5.74, 6) is 5.71. The van der Waals surface area contributed by atoms with Crippen molar-refractivity contribution in [3.8, 4) is 11.8 Å². The van der Waals surface area contributed by atoms with Gasteiger partial charge < -0.3 is 20.7 Å². The summed E-state index contributed by atoms with van der Waals surface area (Å²) in [6, 6.07) is 7.09. The molecule has 0 bridgehead atoms. The number of rotatable bonds is 5. The van der Waals surface area contributed by atoms with E-state index in [9.17, 15) is 15.0 Å². The van der Waals surface area contributed by atoms with Crippen molar-refractivity contribution >= 4 is 6.09 Å². The number of primary amides is 1. The molecule has 0 aliphatic carbocycles. The van der Waals surface area contributed by atoms with Gasteiger partial charge in [0.25, 0.3) is 0 Å². The summed E-state index contributed by atoms with van der Waals surface area (Å²) in [7, 11) is 0. The number of nitrogens with two attached hydrogens (primary N) is 1. The Morgan fingerprint density at radius 2 is 2.10 bits per heavy atom. The number of hydrogen-bond acceptors (Lipinski definition) is 4. The summed E-state index contributed by atoms with van der Waals surface area (Å²) in [6.45, 7) is 3.83. The molecule has 2 atom stereocenters. The Morgan fingerprint density at radius 3 is 2.71 bits per heavy atom. The molecule has 0 spiro atoms. The van der Waals surface area contributed by atoms with Crippen molar-refractivity contribution < 1.29 is 19.7 Å². The molecule has 0 saturated carbocycles. The number of aliphatic hydroxyl groups excluding tert-OH is 2. The third-order valence-corrected chi connectivity index (χ3v) is 2.90. The number of amides is 1. The Kier molecular flexibility index (Phi) is 6.73. The zero-order valence-electron chi connectivity index (χ0n) is 12.2. The largest absolute Gasteiger partial charge is 0.450 e. The van der Waals surface area contributed by atoms with Crippen molar-refractivity contribution in [2.24, 2.45) is 11.7 Å². The van der Waals surface area contributed by atoms with E-state index in [-0.39, 0.29) is 18.9 Å². The normalized spacial score (nSPS) is 13.2. The van der Waals surface area contributed by atoms with Crippen molar-refractivity contribution in [1.29, 1.82) is 0 Å². The van der Waals surface area contributed by atoms with Gasteiger partial charge in [0, 0.05) is 12.0 Å². The number of aliphatic hydroxyl groups is 2. The van der Waals surface area contributed by atoms with Crippen LogP contribution >= 0.6 is 0 Å². The first-order valence-corrected chi connectivity index (χ1v) is 6.80. The van der Waals surface area contributed by atoms with Crippen molar-refractivity contribution in [2.75, 3.05) is 6.61 Å². The first-order valence-electron chi connectivity index (χ1n) is 6.80. The van der Waals surface area contributed by atoms with E-state index in [0.717, 1.165) is 0 Å². The number of hydrogen-bond donors (Lipinski definition) is 3. The minimum absolute atomic E-state index is 0.0540. The summed E-state index contributed by atoms with van der Waals surface area (Å²) < 4.78 is 4.59. The second-order valence-corrected chi connectivity index (χ2v) is 5.06. The van der Waals surface area contributed by atoms with Crippen LogP contribution in [0.1, 0.15) is 37.5 Å². The maximum absolute atomic E-state index is 10.5. The fraction of sp³-hybridized carbons (Fsp3) is 0.438. The third kappa shape index (κ3) is 6.30. The SMILES string of the molecule is CC(C)C(O)C#Cc1cccc(C(O)CCOC(N)=O)c1. The van der Waals surface area contributed by atoms with Crippen LogP contribution in [-0.2, 0) is 4.74 Å². The van der Waals surface area contributed by atoms with Crippen LogP contribution in [0.4, 0.5) is 4.79 Å². The van der Waals surface area contributed by atoms with Crippen LogP contribution in [0, 0.1) is 17.8 Å². The highest BCUT2D eigenvalue weighted by Crippen LogP contribution is 2.17. The van der Waals surface area contributed by atoms with Crippen molar-refractivity contribution in [1.82, 2.24) is 0 Å². The molecular weight excluding hydrogens is 270 g/mol. The minimum atomic E-state index is -0.857. The Balaban J connectivity index is 2.69. The zero-order chi connectivity index (χ0) is 15.8. The van der Waals surface area contributed by atoms with Gasteiger partial charge >= 0.3 is 6.09 Å². The molecule has 114 valence electrons. The molecule has 0 fully saturated rings. The van der Waals surface area contributed by atoms with Crippen LogP contribution in [0.25, 0.3) is 0 Å². The molecule has 0 radical (unpaired) electrons. The summed E-state index contributed by atoms with van der Waals surface area (Å²) in [5.41, 5.74) is 6.23. The number of carbonyl (C=O) groups is 1. The molecule has 4 N–H and O–H groups in total. The van der Waals surface area contributed by atoms with Crippen molar-refractivity contribution in [2.45, 2.75) is 32.5 Å². The highest BCUT2D eigenvalue weighted by Gasteiger charge is 2.09. The van der Waals surface area contributed by atoms with E-state index in [4.69, 9.17) is 5.73 Å².